The Morgan fingerprint density at radius 1 is 0.941 bits per heavy atom. The smallest absolute Gasteiger partial charge is 0.0110 e. The second-order valence-electron chi connectivity index (χ2n) is 5.86. The van der Waals surface area contributed by atoms with Gasteiger partial charge >= 0.3 is 0 Å². The fourth-order valence-electron chi connectivity index (χ4n) is 3.59. The zero-order valence-corrected chi connectivity index (χ0v) is 11.6. The van der Waals surface area contributed by atoms with Crippen LogP contribution in [0.2, 0.25) is 0 Å². The summed E-state index contributed by atoms with van der Waals surface area (Å²) in [5.74, 6) is 0. The van der Waals surface area contributed by atoms with E-state index >= 15 is 0 Å². The van der Waals surface area contributed by atoms with E-state index in [1.807, 2.05) is 0 Å². The molecule has 2 heteroatoms. The third kappa shape index (κ3) is 4.26. The summed E-state index contributed by atoms with van der Waals surface area (Å²) >= 11 is 0. The molecular formula is C15H30N2. The maximum atomic E-state index is 3.77. The molecule has 2 rings (SSSR count). The van der Waals surface area contributed by atoms with Crippen LogP contribution in [0.1, 0.15) is 64.7 Å². The van der Waals surface area contributed by atoms with Gasteiger partial charge in [0.2, 0.25) is 0 Å². The number of hydrogen-bond acceptors (Lipinski definition) is 2. The maximum Gasteiger partial charge on any atom is 0.0110 e. The van der Waals surface area contributed by atoms with Gasteiger partial charge in [0.15, 0.2) is 0 Å². The van der Waals surface area contributed by atoms with Gasteiger partial charge in [0.1, 0.15) is 0 Å². The van der Waals surface area contributed by atoms with Crippen LogP contribution in [-0.2, 0) is 0 Å². The van der Waals surface area contributed by atoms with Crippen LogP contribution in [0, 0.1) is 0 Å². The van der Waals surface area contributed by atoms with Gasteiger partial charge < -0.3 is 5.32 Å². The number of nitrogens with zero attached hydrogens (tertiary/aromatic N) is 1. The summed E-state index contributed by atoms with van der Waals surface area (Å²) in [7, 11) is 0. The first-order valence-corrected chi connectivity index (χ1v) is 7.87. The van der Waals surface area contributed by atoms with Gasteiger partial charge in [0.25, 0.3) is 0 Å². The first-order chi connectivity index (χ1) is 8.40. The molecule has 0 aromatic heterocycles. The lowest BCUT2D eigenvalue weighted by Crippen LogP contribution is -2.41. The lowest BCUT2D eigenvalue weighted by molar-refractivity contribution is 0.204. The van der Waals surface area contributed by atoms with Crippen LogP contribution in [0.4, 0.5) is 0 Å². The van der Waals surface area contributed by atoms with Crippen molar-refractivity contribution in [3.8, 4) is 0 Å². The number of hydrogen-bond donors (Lipinski definition) is 1. The van der Waals surface area contributed by atoms with Crippen LogP contribution in [0.3, 0.4) is 0 Å². The van der Waals surface area contributed by atoms with Crippen molar-refractivity contribution in [1.29, 1.82) is 0 Å². The molecule has 2 nitrogen and oxygen atoms in total. The van der Waals surface area contributed by atoms with Gasteiger partial charge in [-0.25, -0.2) is 0 Å². The van der Waals surface area contributed by atoms with Gasteiger partial charge in [-0.05, 0) is 32.2 Å². The monoisotopic (exact) mass is 238 g/mol. The summed E-state index contributed by atoms with van der Waals surface area (Å²) in [4.78, 5) is 2.70. The van der Waals surface area contributed by atoms with Crippen LogP contribution < -0.4 is 5.32 Å². The summed E-state index contributed by atoms with van der Waals surface area (Å²) in [5, 5.41) is 3.77. The molecule has 100 valence electrons. The Balaban J connectivity index is 1.61. The second kappa shape index (κ2) is 7.38. The summed E-state index contributed by atoms with van der Waals surface area (Å²) in [6.45, 7) is 6.02. The van der Waals surface area contributed by atoms with Crippen molar-refractivity contribution in [2.75, 3.05) is 19.6 Å². The highest BCUT2D eigenvalue weighted by Gasteiger charge is 2.21. The van der Waals surface area contributed by atoms with Gasteiger partial charge in [0, 0.05) is 25.2 Å². The average molecular weight is 238 g/mol. The molecule has 0 aromatic carbocycles. The van der Waals surface area contributed by atoms with Crippen molar-refractivity contribution in [3.05, 3.63) is 0 Å². The molecular weight excluding hydrogens is 208 g/mol. The van der Waals surface area contributed by atoms with E-state index in [0.29, 0.717) is 0 Å². The highest BCUT2D eigenvalue weighted by atomic mass is 15.2. The first-order valence-electron chi connectivity index (χ1n) is 7.87. The quantitative estimate of drug-likeness (QED) is 0.764. The van der Waals surface area contributed by atoms with E-state index in [-0.39, 0.29) is 0 Å². The molecule has 1 N–H and O–H groups in total. The standard InChI is InChI=1S/C15H30N2/c1-2-17(15-10-6-7-11-15)13-12-16-14-8-4-3-5-9-14/h14-16H,2-13H2,1H3. The largest absolute Gasteiger partial charge is 0.313 e. The topological polar surface area (TPSA) is 15.3 Å². The highest BCUT2D eigenvalue weighted by Crippen LogP contribution is 2.23. The van der Waals surface area contributed by atoms with Gasteiger partial charge in [0.05, 0.1) is 0 Å². The van der Waals surface area contributed by atoms with E-state index in [1.54, 1.807) is 0 Å². The van der Waals surface area contributed by atoms with Crippen molar-refractivity contribution < 1.29 is 0 Å². The zero-order valence-electron chi connectivity index (χ0n) is 11.6. The van der Waals surface area contributed by atoms with Crippen molar-refractivity contribution in [3.63, 3.8) is 0 Å². The van der Waals surface area contributed by atoms with E-state index in [4.69, 9.17) is 0 Å². The molecule has 0 spiro atoms. The molecule has 0 bridgehead atoms. The predicted molar refractivity (Wildman–Crippen MR) is 74.4 cm³/mol. The number of rotatable bonds is 6. The van der Waals surface area contributed by atoms with Crippen molar-refractivity contribution >= 4 is 0 Å². The molecule has 0 amide bonds. The molecule has 0 aromatic rings. The summed E-state index contributed by atoms with van der Waals surface area (Å²) < 4.78 is 0. The Hall–Kier alpha value is -0.0800. The van der Waals surface area contributed by atoms with Crippen LogP contribution in [0.25, 0.3) is 0 Å². The van der Waals surface area contributed by atoms with Gasteiger partial charge in [-0.1, -0.05) is 39.0 Å². The lowest BCUT2D eigenvalue weighted by atomic mass is 9.95. The molecule has 2 aliphatic rings. The predicted octanol–water partition coefficient (Wildman–Crippen LogP) is 3.17. The number of likely N-dealkylation sites (N-methyl/N-ethyl adjacent to an activating group) is 1. The van der Waals surface area contributed by atoms with Crippen LogP contribution in [-0.4, -0.2) is 36.6 Å². The van der Waals surface area contributed by atoms with Crippen molar-refractivity contribution in [1.82, 2.24) is 10.2 Å². The summed E-state index contributed by atoms with van der Waals surface area (Å²) in [5.41, 5.74) is 0. The molecule has 0 heterocycles. The fraction of sp³-hybridized carbons (Fsp3) is 1.00. The normalized spacial score (nSPS) is 23.6. The van der Waals surface area contributed by atoms with Crippen molar-refractivity contribution in [2.24, 2.45) is 0 Å². The molecule has 0 saturated heterocycles. The zero-order chi connectivity index (χ0) is 11.9. The van der Waals surface area contributed by atoms with E-state index in [2.05, 4.69) is 17.1 Å². The fourth-order valence-corrected chi connectivity index (χ4v) is 3.59. The Morgan fingerprint density at radius 3 is 2.24 bits per heavy atom. The lowest BCUT2D eigenvalue weighted by Gasteiger charge is -2.29. The first kappa shape index (κ1) is 13.4. The Bertz CT molecular complexity index is 193. The summed E-state index contributed by atoms with van der Waals surface area (Å²) in [6.07, 6.45) is 13.0. The van der Waals surface area contributed by atoms with E-state index in [9.17, 15) is 0 Å². The minimum Gasteiger partial charge on any atom is -0.313 e. The Kier molecular flexibility index (Phi) is 5.79. The second-order valence-corrected chi connectivity index (χ2v) is 5.86. The van der Waals surface area contributed by atoms with Crippen molar-refractivity contribution in [2.45, 2.75) is 76.8 Å². The molecule has 2 aliphatic carbocycles. The molecule has 0 radical (unpaired) electrons. The molecule has 0 atom stereocenters. The molecule has 2 fully saturated rings. The van der Waals surface area contributed by atoms with Gasteiger partial charge in [-0.15, -0.1) is 0 Å². The van der Waals surface area contributed by atoms with Crippen LogP contribution in [0.5, 0.6) is 0 Å². The third-order valence-electron chi connectivity index (χ3n) is 4.68. The van der Waals surface area contributed by atoms with E-state index in [1.165, 1.54) is 77.4 Å². The van der Waals surface area contributed by atoms with E-state index < -0.39 is 0 Å². The Labute approximate surface area is 107 Å². The molecule has 0 unspecified atom stereocenters. The molecule has 0 aliphatic heterocycles. The SMILES string of the molecule is CCN(CCNC1CCCCC1)C1CCCC1. The van der Waals surface area contributed by atoms with E-state index in [0.717, 1.165) is 12.1 Å². The minimum atomic E-state index is 0.825. The summed E-state index contributed by atoms with van der Waals surface area (Å²) in [6, 6.07) is 1.72. The van der Waals surface area contributed by atoms with Crippen LogP contribution >= 0.6 is 0 Å². The van der Waals surface area contributed by atoms with Gasteiger partial charge in [-0.2, -0.15) is 0 Å². The molecule has 17 heavy (non-hydrogen) atoms. The highest BCUT2D eigenvalue weighted by molar-refractivity contribution is 4.78. The average Bonchev–Trinajstić information content (AvgIpc) is 2.90. The molecule has 2 saturated carbocycles. The minimum absolute atomic E-state index is 0.825. The Morgan fingerprint density at radius 2 is 1.59 bits per heavy atom. The third-order valence-corrected chi connectivity index (χ3v) is 4.68. The number of nitrogens with one attached hydrogen (secondary N) is 1. The van der Waals surface area contributed by atoms with Crippen LogP contribution in [0.15, 0.2) is 0 Å². The van der Waals surface area contributed by atoms with Gasteiger partial charge in [-0.3, -0.25) is 4.90 Å². The maximum absolute atomic E-state index is 3.77.